The minimum Gasteiger partial charge on any atom is -0.353 e. The Morgan fingerprint density at radius 1 is 1.00 bits per heavy atom. The molecule has 0 bridgehead atoms. The molecule has 0 aliphatic heterocycles. The van der Waals surface area contributed by atoms with Crippen LogP contribution in [0, 0.1) is 6.92 Å². The van der Waals surface area contributed by atoms with Gasteiger partial charge in [-0.15, -0.1) is 0 Å². The number of Topliss-reactive ketones (excluding diaryl/α,β-unsaturated/α-hetero) is 1. The van der Waals surface area contributed by atoms with Gasteiger partial charge in [-0.3, -0.25) is 18.6 Å². The number of imidazole rings is 1. The van der Waals surface area contributed by atoms with Gasteiger partial charge in [0.1, 0.15) is 5.52 Å². The fourth-order valence-electron chi connectivity index (χ4n) is 3.53. The van der Waals surface area contributed by atoms with Crippen LogP contribution in [0.15, 0.2) is 76.2 Å². The molecule has 7 nitrogen and oxygen atoms in total. The van der Waals surface area contributed by atoms with Gasteiger partial charge in [-0.25, -0.2) is 4.98 Å². The van der Waals surface area contributed by atoms with Gasteiger partial charge in [0.05, 0.1) is 29.5 Å². The Morgan fingerprint density at radius 2 is 1.72 bits per heavy atom. The monoisotopic (exact) mass is 384 g/mol. The van der Waals surface area contributed by atoms with Gasteiger partial charge in [-0.2, -0.15) is 0 Å². The van der Waals surface area contributed by atoms with E-state index < -0.39 is 0 Å². The van der Waals surface area contributed by atoms with E-state index in [-0.39, 0.29) is 17.9 Å². The van der Waals surface area contributed by atoms with Gasteiger partial charge < -0.3 is 4.52 Å². The fourth-order valence-corrected chi connectivity index (χ4v) is 3.53. The third-order valence-electron chi connectivity index (χ3n) is 4.89. The van der Waals surface area contributed by atoms with Crippen LogP contribution in [0.5, 0.6) is 0 Å². The van der Waals surface area contributed by atoms with E-state index in [1.54, 1.807) is 34.7 Å². The van der Waals surface area contributed by atoms with E-state index in [9.17, 15) is 9.59 Å². The third kappa shape index (κ3) is 2.75. The Morgan fingerprint density at radius 3 is 2.45 bits per heavy atom. The Labute approximate surface area is 164 Å². The highest BCUT2D eigenvalue weighted by Crippen LogP contribution is 2.24. The number of aryl methyl sites for hydroxylation is 1. The van der Waals surface area contributed by atoms with E-state index in [2.05, 4.69) is 10.1 Å². The summed E-state index contributed by atoms with van der Waals surface area (Å²) in [4.78, 5) is 30.4. The molecule has 0 aliphatic rings. The van der Waals surface area contributed by atoms with Crippen molar-refractivity contribution in [2.75, 3.05) is 0 Å². The van der Waals surface area contributed by atoms with E-state index in [1.807, 2.05) is 37.3 Å². The highest BCUT2D eigenvalue weighted by atomic mass is 16.5. The van der Waals surface area contributed by atoms with Crippen LogP contribution in [0.2, 0.25) is 0 Å². The number of hydrogen-bond donors (Lipinski definition) is 0. The molecule has 2 aromatic carbocycles. The standard InChI is InChI=1S/C22H16N4O3/c1-14-11-20(29-24-14)21-23-12-18-22(28)25(13-19(27)15-7-3-2-4-8-15)16-9-5-6-10-17(16)26(18)21/h2-12H,13H2,1H3. The molecule has 0 atom stereocenters. The maximum Gasteiger partial charge on any atom is 0.277 e. The highest BCUT2D eigenvalue weighted by molar-refractivity contribution is 5.96. The summed E-state index contributed by atoms with van der Waals surface area (Å²) in [6, 6.07) is 18.2. The summed E-state index contributed by atoms with van der Waals surface area (Å²) in [6.45, 7) is 1.77. The number of fused-ring (bicyclic) bond motifs is 3. The molecule has 0 radical (unpaired) electrons. The second-order valence-electron chi connectivity index (χ2n) is 6.80. The second kappa shape index (κ2) is 6.56. The summed E-state index contributed by atoms with van der Waals surface area (Å²) in [6.07, 6.45) is 1.51. The molecule has 0 aliphatic carbocycles. The van der Waals surface area contributed by atoms with Crippen molar-refractivity contribution in [2.24, 2.45) is 0 Å². The smallest absolute Gasteiger partial charge is 0.277 e. The Balaban J connectivity index is 1.75. The van der Waals surface area contributed by atoms with Gasteiger partial charge >= 0.3 is 0 Å². The zero-order chi connectivity index (χ0) is 20.0. The highest BCUT2D eigenvalue weighted by Gasteiger charge is 2.19. The van der Waals surface area contributed by atoms with Gasteiger partial charge in [0.25, 0.3) is 5.56 Å². The maximum absolute atomic E-state index is 13.3. The molecule has 7 heteroatoms. The molecule has 142 valence electrons. The Bertz CT molecular complexity index is 1430. The van der Waals surface area contributed by atoms with Crippen LogP contribution in [0.1, 0.15) is 16.1 Å². The molecule has 0 saturated heterocycles. The first-order chi connectivity index (χ1) is 14.1. The molecular formula is C22H16N4O3. The van der Waals surface area contributed by atoms with E-state index in [0.717, 1.165) is 11.2 Å². The van der Waals surface area contributed by atoms with Gasteiger partial charge in [0.15, 0.2) is 11.6 Å². The molecule has 0 saturated carbocycles. The molecule has 3 aromatic heterocycles. The Kier molecular flexibility index (Phi) is 3.87. The topological polar surface area (TPSA) is 82.4 Å². The van der Waals surface area contributed by atoms with Crippen molar-refractivity contribution >= 4 is 22.3 Å². The number of benzene rings is 2. The summed E-state index contributed by atoms with van der Waals surface area (Å²) in [5.74, 6) is 0.841. The van der Waals surface area contributed by atoms with Gasteiger partial charge in [0, 0.05) is 11.6 Å². The van der Waals surface area contributed by atoms with Crippen molar-refractivity contribution in [1.82, 2.24) is 19.1 Å². The van der Waals surface area contributed by atoms with E-state index in [1.165, 1.54) is 10.8 Å². The normalized spacial score (nSPS) is 11.3. The number of aromatic nitrogens is 4. The molecule has 0 N–H and O–H groups in total. The summed E-state index contributed by atoms with van der Waals surface area (Å²) in [5.41, 5.74) is 2.77. The lowest BCUT2D eigenvalue weighted by molar-refractivity contribution is 0.0972. The zero-order valence-electron chi connectivity index (χ0n) is 15.6. The van der Waals surface area contributed by atoms with E-state index in [4.69, 9.17) is 4.52 Å². The molecule has 29 heavy (non-hydrogen) atoms. The lowest BCUT2D eigenvalue weighted by Gasteiger charge is -2.12. The number of ketones is 1. The SMILES string of the molecule is Cc1cc(-c2ncc3c(=O)n(CC(=O)c4ccccc4)c4ccccc4n23)on1. The average Bonchev–Trinajstić information content (AvgIpc) is 3.38. The fraction of sp³-hybridized carbons (Fsp3) is 0.0909. The molecule has 0 amide bonds. The number of para-hydroxylation sites is 2. The van der Waals surface area contributed by atoms with E-state index >= 15 is 0 Å². The minimum atomic E-state index is -0.289. The van der Waals surface area contributed by atoms with Gasteiger partial charge in [-0.05, 0) is 19.1 Å². The van der Waals surface area contributed by atoms with Crippen LogP contribution in [0.25, 0.3) is 28.1 Å². The van der Waals surface area contributed by atoms with Crippen LogP contribution in [-0.2, 0) is 6.54 Å². The van der Waals surface area contributed by atoms with Crippen molar-refractivity contribution < 1.29 is 9.32 Å². The number of nitrogens with zero attached hydrogens (tertiary/aromatic N) is 4. The predicted octanol–water partition coefficient (Wildman–Crippen LogP) is 3.50. The summed E-state index contributed by atoms with van der Waals surface area (Å²) in [5, 5.41) is 3.92. The van der Waals surface area contributed by atoms with Crippen molar-refractivity contribution in [1.29, 1.82) is 0 Å². The molecular weight excluding hydrogens is 368 g/mol. The van der Waals surface area contributed by atoms with Crippen LogP contribution < -0.4 is 5.56 Å². The molecule has 0 unspecified atom stereocenters. The summed E-state index contributed by atoms with van der Waals surface area (Å²) in [7, 11) is 0. The van der Waals surface area contributed by atoms with Crippen molar-refractivity contribution in [3.8, 4) is 11.6 Å². The Hall–Kier alpha value is -4.00. The number of hydrogen-bond acceptors (Lipinski definition) is 5. The van der Waals surface area contributed by atoms with Crippen molar-refractivity contribution in [3.63, 3.8) is 0 Å². The summed E-state index contributed by atoms with van der Waals surface area (Å²) >= 11 is 0. The van der Waals surface area contributed by atoms with Crippen molar-refractivity contribution in [3.05, 3.63) is 88.5 Å². The lowest BCUT2D eigenvalue weighted by Crippen LogP contribution is -2.26. The average molecular weight is 384 g/mol. The molecule has 0 fully saturated rings. The number of carbonyl (C=O) groups is 1. The molecule has 0 spiro atoms. The largest absolute Gasteiger partial charge is 0.353 e. The first-order valence-electron chi connectivity index (χ1n) is 9.14. The van der Waals surface area contributed by atoms with Crippen LogP contribution in [0.4, 0.5) is 0 Å². The maximum atomic E-state index is 13.3. The first-order valence-corrected chi connectivity index (χ1v) is 9.14. The predicted molar refractivity (Wildman–Crippen MR) is 108 cm³/mol. The number of carbonyl (C=O) groups excluding carboxylic acids is 1. The summed E-state index contributed by atoms with van der Waals surface area (Å²) < 4.78 is 8.61. The quantitative estimate of drug-likeness (QED) is 0.443. The van der Waals surface area contributed by atoms with Gasteiger partial charge in [-0.1, -0.05) is 47.6 Å². The molecule has 5 aromatic rings. The lowest BCUT2D eigenvalue weighted by atomic mass is 10.1. The molecule has 5 rings (SSSR count). The zero-order valence-corrected chi connectivity index (χ0v) is 15.6. The number of rotatable bonds is 4. The van der Waals surface area contributed by atoms with Gasteiger partial charge in [0.2, 0.25) is 5.76 Å². The molecule has 3 heterocycles. The minimum absolute atomic E-state index is 0.0538. The van der Waals surface area contributed by atoms with E-state index in [0.29, 0.717) is 28.2 Å². The van der Waals surface area contributed by atoms with Crippen LogP contribution >= 0.6 is 0 Å². The second-order valence-corrected chi connectivity index (χ2v) is 6.80. The first kappa shape index (κ1) is 17.1. The third-order valence-corrected chi connectivity index (χ3v) is 4.89. The van der Waals surface area contributed by atoms with Crippen LogP contribution in [-0.4, -0.2) is 24.9 Å². The van der Waals surface area contributed by atoms with Crippen molar-refractivity contribution in [2.45, 2.75) is 13.5 Å². The van der Waals surface area contributed by atoms with Crippen LogP contribution in [0.3, 0.4) is 0 Å².